The third-order valence-corrected chi connectivity index (χ3v) is 3.82. The molecule has 2 unspecified atom stereocenters. The molecule has 2 heterocycles. The summed E-state index contributed by atoms with van der Waals surface area (Å²) in [6.45, 7) is 10.3. The minimum atomic E-state index is 0.798. The van der Waals surface area contributed by atoms with E-state index in [4.69, 9.17) is 4.74 Å². The zero-order chi connectivity index (χ0) is 11.2. The molecule has 2 saturated heterocycles. The van der Waals surface area contributed by atoms with Crippen LogP contribution in [0.1, 0.15) is 26.2 Å². The molecule has 0 aromatic rings. The van der Waals surface area contributed by atoms with E-state index in [2.05, 4.69) is 17.1 Å². The Morgan fingerprint density at radius 3 is 3.00 bits per heavy atom. The molecule has 2 aliphatic heterocycles. The summed E-state index contributed by atoms with van der Waals surface area (Å²) in [6.07, 6.45) is 4.01. The number of ether oxygens (including phenoxy) is 1. The monoisotopic (exact) mass is 226 g/mol. The van der Waals surface area contributed by atoms with Crippen molar-refractivity contribution in [2.45, 2.75) is 26.2 Å². The van der Waals surface area contributed by atoms with E-state index in [1.54, 1.807) is 0 Å². The topological polar surface area (TPSA) is 24.5 Å². The van der Waals surface area contributed by atoms with Crippen LogP contribution in [0.25, 0.3) is 0 Å². The van der Waals surface area contributed by atoms with E-state index in [9.17, 15) is 0 Å². The summed E-state index contributed by atoms with van der Waals surface area (Å²) < 4.78 is 5.55. The highest BCUT2D eigenvalue weighted by molar-refractivity contribution is 4.79. The molecule has 0 radical (unpaired) electrons. The van der Waals surface area contributed by atoms with Crippen molar-refractivity contribution in [3.8, 4) is 0 Å². The Morgan fingerprint density at radius 2 is 2.25 bits per heavy atom. The quantitative estimate of drug-likeness (QED) is 0.766. The third kappa shape index (κ3) is 3.72. The van der Waals surface area contributed by atoms with Gasteiger partial charge in [-0.15, -0.1) is 0 Å². The molecule has 1 N–H and O–H groups in total. The fourth-order valence-electron chi connectivity index (χ4n) is 2.91. The highest BCUT2D eigenvalue weighted by atomic mass is 16.5. The molecule has 0 aromatic heterocycles. The fraction of sp³-hybridized carbons (Fsp3) is 1.00. The number of hydrogen-bond donors (Lipinski definition) is 1. The number of likely N-dealkylation sites (tertiary alicyclic amines) is 1. The number of rotatable bonds is 5. The molecule has 16 heavy (non-hydrogen) atoms. The molecule has 0 spiro atoms. The van der Waals surface area contributed by atoms with Gasteiger partial charge in [0.1, 0.15) is 0 Å². The average molecular weight is 226 g/mol. The van der Waals surface area contributed by atoms with Crippen LogP contribution in [-0.4, -0.2) is 50.8 Å². The standard InChI is InChI=1S/C13H26N2O/c1-2-14-8-12-5-6-15(9-12)10-13-4-3-7-16-11-13/h12-14H,2-11H2,1H3. The highest BCUT2D eigenvalue weighted by Crippen LogP contribution is 2.20. The summed E-state index contributed by atoms with van der Waals surface area (Å²) in [4.78, 5) is 2.64. The molecule has 3 nitrogen and oxygen atoms in total. The minimum absolute atomic E-state index is 0.798. The second-order valence-corrected chi connectivity index (χ2v) is 5.31. The molecular formula is C13H26N2O. The van der Waals surface area contributed by atoms with E-state index in [1.165, 1.54) is 45.4 Å². The number of hydrogen-bond acceptors (Lipinski definition) is 3. The first-order chi connectivity index (χ1) is 7.88. The van der Waals surface area contributed by atoms with Gasteiger partial charge in [0.25, 0.3) is 0 Å². The van der Waals surface area contributed by atoms with Crippen molar-refractivity contribution in [1.29, 1.82) is 0 Å². The van der Waals surface area contributed by atoms with E-state index in [0.717, 1.165) is 31.6 Å². The van der Waals surface area contributed by atoms with Crippen LogP contribution in [-0.2, 0) is 4.74 Å². The first-order valence-electron chi connectivity index (χ1n) is 6.89. The molecule has 2 rings (SSSR count). The first kappa shape index (κ1) is 12.3. The fourth-order valence-corrected chi connectivity index (χ4v) is 2.91. The molecule has 2 atom stereocenters. The third-order valence-electron chi connectivity index (χ3n) is 3.82. The molecule has 0 aliphatic carbocycles. The average Bonchev–Trinajstić information content (AvgIpc) is 2.75. The van der Waals surface area contributed by atoms with E-state index >= 15 is 0 Å². The molecule has 0 saturated carbocycles. The van der Waals surface area contributed by atoms with Gasteiger partial charge in [0.05, 0.1) is 6.61 Å². The van der Waals surface area contributed by atoms with Gasteiger partial charge in [-0.2, -0.15) is 0 Å². The van der Waals surface area contributed by atoms with E-state index < -0.39 is 0 Å². The molecule has 94 valence electrons. The lowest BCUT2D eigenvalue weighted by Crippen LogP contribution is -2.33. The predicted octanol–water partition coefficient (Wildman–Crippen LogP) is 1.34. The highest BCUT2D eigenvalue weighted by Gasteiger charge is 2.25. The maximum absolute atomic E-state index is 5.55. The van der Waals surface area contributed by atoms with E-state index in [1.807, 2.05) is 0 Å². The molecule has 0 amide bonds. The Balaban J connectivity index is 1.63. The minimum Gasteiger partial charge on any atom is -0.381 e. The van der Waals surface area contributed by atoms with Crippen LogP contribution in [0.15, 0.2) is 0 Å². The Bertz CT molecular complexity index is 192. The van der Waals surface area contributed by atoms with Crippen molar-refractivity contribution in [2.24, 2.45) is 11.8 Å². The largest absolute Gasteiger partial charge is 0.381 e. The molecule has 3 heteroatoms. The van der Waals surface area contributed by atoms with Crippen LogP contribution in [0.3, 0.4) is 0 Å². The first-order valence-corrected chi connectivity index (χ1v) is 6.89. The SMILES string of the molecule is CCNCC1CCN(CC2CCCOC2)C1. The van der Waals surface area contributed by atoms with Crippen LogP contribution in [0.2, 0.25) is 0 Å². The summed E-state index contributed by atoms with van der Waals surface area (Å²) in [7, 11) is 0. The van der Waals surface area contributed by atoms with Crippen molar-refractivity contribution < 1.29 is 4.74 Å². The summed E-state index contributed by atoms with van der Waals surface area (Å²) >= 11 is 0. The van der Waals surface area contributed by atoms with Crippen molar-refractivity contribution in [3.05, 3.63) is 0 Å². The lowest BCUT2D eigenvalue weighted by Gasteiger charge is -2.26. The van der Waals surface area contributed by atoms with Crippen molar-refractivity contribution >= 4 is 0 Å². The van der Waals surface area contributed by atoms with Crippen LogP contribution < -0.4 is 5.32 Å². The maximum atomic E-state index is 5.55. The Labute approximate surface area is 99.5 Å². The normalized spacial score (nSPS) is 32.1. The van der Waals surface area contributed by atoms with Crippen LogP contribution in [0, 0.1) is 11.8 Å². The Hall–Kier alpha value is -0.120. The van der Waals surface area contributed by atoms with Gasteiger partial charge in [-0.1, -0.05) is 6.92 Å². The van der Waals surface area contributed by atoms with Crippen LogP contribution in [0.4, 0.5) is 0 Å². The molecule has 2 aliphatic rings. The van der Waals surface area contributed by atoms with Gasteiger partial charge < -0.3 is 15.0 Å². The Kier molecular flexibility index (Phi) is 5.07. The van der Waals surface area contributed by atoms with Gasteiger partial charge >= 0.3 is 0 Å². The van der Waals surface area contributed by atoms with Crippen molar-refractivity contribution in [3.63, 3.8) is 0 Å². The maximum Gasteiger partial charge on any atom is 0.0506 e. The summed E-state index contributed by atoms with van der Waals surface area (Å²) in [5.74, 6) is 1.68. The summed E-state index contributed by atoms with van der Waals surface area (Å²) in [6, 6.07) is 0. The smallest absolute Gasteiger partial charge is 0.0506 e. The van der Waals surface area contributed by atoms with Crippen molar-refractivity contribution in [2.75, 3.05) is 45.9 Å². The predicted molar refractivity (Wildman–Crippen MR) is 66.6 cm³/mol. The molecule has 2 fully saturated rings. The Morgan fingerprint density at radius 1 is 1.31 bits per heavy atom. The van der Waals surface area contributed by atoms with E-state index in [-0.39, 0.29) is 0 Å². The lowest BCUT2D eigenvalue weighted by molar-refractivity contribution is 0.0413. The second kappa shape index (κ2) is 6.58. The second-order valence-electron chi connectivity index (χ2n) is 5.31. The van der Waals surface area contributed by atoms with E-state index in [0.29, 0.717) is 0 Å². The molecular weight excluding hydrogens is 200 g/mol. The van der Waals surface area contributed by atoms with Gasteiger partial charge in [0.2, 0.25) is 0 Å². The van der Waals surface area contributed by atoms with Gasteiger partial charge in [0.15, 0.2) is 0 Å². The van der Waals surface area contributed by atoms with Crippen LogP contribution in [0.5, 0.6) is 0 Å². The summed E-state index contributed by atoms with van der Waals surface area (Å²) in [5.41, 5.74) is 0. The van der Waals surface area contributed by atoms with Crippen molar-refractivity contribution in [1.82, 2.24) is 10.2 Å². The number of nitrogens with zero attached hydrogens (tertiary/aromatic N) is 1. The molecule has 0 aromatic carbocycles. The molecule has 0 bridgehead atoms. The van der Waals surface area contributed by atoms with Gasteiger partial charge in [-0.3, -0.25) is 0 Å². The van der Waals surface area contributed by atoms with Gasteiger partial charge in [-0.25, -0.2) is 0 Å². The van der Waals surface area contributed by atoms with Gasteiger partial charge in [-0.05, 0) is 50.7 Å². The zero-order valence-electron chi connectivity index (χ0n) is 10.6. The lowest BCUT2D eigenvalue weighted by atomic mass is 10.0. The summed E-state index contributed by atoms with van der Waals surface area (Å²) in [5, 5.41) is 3.46. The number of nitrogens with one attached hydrogen (secondary N) is 1. The van der Waals surface area contributed by atoms with Gasteiger partial charge in [0, 0.05) is 19.7 Å². The zero-order valence-corrected chi connectivity index (χ0v) is 10.6. The van der Waals surface area contributed by atoms with Crippen LogP contribution >= 0.6 is 0 Å².